The van der Waals surface area contributed by atoms with Gasteiger partial charge in [0.05, 0.1) is 31.2 Å². The zero-order valence-electron chi connectivity index (χ0n) is 15.2. The topological polar surface area (TPSA) is 67.8 Å². The Morgan fingerprint density at radius 2 is 2.12 bits per heavy atom. The Labute approximate surface area is 148 Å². The number of methoxy groups -OCH3 is 1. The molecule has 0 aliphatic carbocycles. The van der Waals surface area contributed by atoms with Gasteiger partial charge in [0.2, 0.25) is 0 Å². The highest BCUT2D eigenvalue weighted by Crippen LogP contribution is 2.25. The van der Waals surface area contributed by atoms with Gasteiger partial charge in [0.25, 0.3) is 0 Å². The molecule has 2 aromatic heterocycles. The van der Waals surface area contributed by atoms with E-state index in [9.17, 15) is 0 Å². The van der Waals surface area contributed by atoms with Crippen LogP contribution in [0.2, 0.25) is 0 Å². The van der Waals surface area contributed by atoms with Gasteiger partial charge in [0.1, 0.15) is 5.75 Å². The summed E-state index contributed by atoms with van der Waals surface area (Å²) >= 11 is 0. The molecular weight excluding hydrogens is 314 g/mol. The largest absolute Gasteiger partial charge is 0.497 e. The summed E-state index contributed by atoms with van der Waals surface area (Å²) in [5.41, 5.74) is 4.39. The molecule has 2 atom stereocenters. The van der Waals surface area contributed by atoms with Crippen LogP contribution >= 0.6 is 0 Å². The monoisotopic (exact) mass is 339 g/mol. The summed E-state index contributed by atoms with van der Waals surface area (Å²) in [4.78, 5) is 0. The molecule has 0 amide bonds. The van der Waals surface area contributed by atoms with Crippen molar-refractivity contribution < 1.29 is 4.74 Å². The molecule has 2 heterocycles. The van der Waals surface area contributed by atoms with Crippen molar-refractivity contribution in [1.82, 2.24) is 25.3 Å². The molecule has 0 radical (unpaired) electrons. The number of benzene rings is 1. The fraction of sp³-hybridized carbons (Fsp3) is 0.368. The molecule has 3 aromatic rings. The van der Waals surface area contributed by atoms with Crippen molar-refractivity contribution in [3.05, 3.63) is 54.0 Å². The van der Waals surface area contributed by atoms with Crippen molar-refractivity contribution in [2.75, 3.05) is 7.11 Å². The molecule has 0 fully saturated rings. The molecule has 0 aliphatic heterocycles. The Kier molecular flexibility index (Phi) is 5.19. The smallest absolute Gasteiger partial charge is 0.119 e. The van der Waals surface area contributed by atoms with Gasteiger partial charge in [0, 0.05) is 29.9 Å². The molecule has 0 unspecified atom stereocenters. The zero-order valence-corrected chi connectivity index (χ0v) is 15.2. The maximum atomic E-state index is 5.31. The first-order valence-corrected chi connectivity index (χ1v) is 8.49. The minimum Gasteiger partial charge on any atom is -0.497 e. The van der Waals surface area contributed by atoms with Crippen LogP contribution in [0.4, 0.5) is 0 Å². The molecule has 0 spiro atoms. The summed E-state index contributed by atoms with van der Waals surface area (Å²) in [7, 11) is 1.68. The number of hydrogen-bond donors (Lipinski definition) is 2. The fourth-order valence-corrected chi connectivity index (χ4v) is 2.80. The van der Waals surface area contributed by atoms with E-state index in [0.717, 1.165) is 29.1 Å². The van der Waals surface area contributed by atoms with E-state index >= 15 is 0 Å². The molecule has 0 saturated heterocycles. The number of nitrogens with zero attached hydrogens (tertiary/aromatic N) is 3. The van der Waals surface area contributed by atoms with Gasteiger partial charge in [-0.15, -0.1) is 0 Å². The van der Waals surface area contributed by atoms with Gasteiger partial charge in [-0.25, -0.2) is 0 Å². The first kappa shape index (κ1) is 17.2. The summed E-state index contributed by atoms with van der Waals surface area (Å²) in [6.45, 7) is 7.13. The van der Waals surface area contributed by atoms with Gasteiger partial charge in [-0.1, -0.05) is 12.1 Å². The Morgan fingerprint density at radius 3 is 2.84 bits per heavy atom. The van der Waals surface area contributed by atoms with Crippen molar-refractivity contribution in [2.24, 2.45) is 0 Å². The van der Waals surface area contributed by atoms with E-state index in [-0.39, 0.29) is 12.1 Å². The highest BCUT2D eigenvalue weighted by molar-refractivity contribution is 5.64. The van der Waals surface area contributed by atoms with Gasteiger partial charge in [-0.2, -0.15) is 10.2 Å². The van der Waals surface area contributed by atoms with E-state index in [0.29, 0.717) is 0 Å². The number of hydrogen-bond acceptors (Lipinski definition) is 4. The highest BCUT2D eigenvalue weighted by atomic mass is 16.5. The lowest BCUT2D eigenvalue weighted by molar-refractivity contribution is 0.365. The average molecular weight is 339 g/mol. The van der Waals surface area contributed by atoms with Crippen LogP contribution in [-0.2, 0) is 6.54 Å². The predicted molar refractivity (Wildman–Crippen MR) is 98.6 cm³/mol. The molecule has 0 saturated carbocycles. The van der Waals surface area contributed by atoms with Crippen LogP contribution in [0, 0.1) is 6.92 Å². The quantitative estimate of drug-likeness (QED) is 0.693. The van der Waals surface area contributed by atoms with E-state index in [1.807, 2.05) is 35.3 Å². The van der Waals surface area contributed by atoms with E-state index in [1.165, 1.54) is 5.56 Å². The fourth-order valence-electron chi connectivity index (χ4n) is 2.80. The number of H-pyrrole nitrogens is 1. The van der Waals surface area contributed by atoms with E-state index < -0.39 is 0 Å². The molecule has 0 aliphatic rings. The van der Waals surface area contributed by atoms with Crippen LogP contribution in [0.25, 0.3) is 11.3 Å². The second-order valence-corrected chi connectivity index (χ2v) is 6.41. The van der Waals surface area contributed by atoms with Gasteiger partial charge in [0.15, 0.2) is 0 Å². The maximum absolute atomic E-state index is 5.31. The minimum absolute atomic E-state index is 0.265. The van der Waals surface area contributed by atoms with Crippen molar-refractivity contribution in [1.29, 1.82) is 0 Å². The SMILES string of the molecule is COc1cccc(-c2[nH]ncc2CN[C@H](C)[C@H](C)n2cc(C)cn2)c1. The lowest BCUT2D eigenvalue weighted by Crippen LogP contribution is -2.33. The van der Waals surface area contributed by atoms with Crippen LogP contribution in [0.5, 0.6) is 5.75 Å². The summed E-state index contributed by atoms with van der Waals surface area (Å²) in [5.74, 6) is 0.835. The van der Waals surface area contributed by atoms with Crippen molar-refractivity contribution in [3.63, 3.8) is 0 Å². The molecule has 3 rings (SSSR count). The molecular formula is C19H25N5O. The van der Waals surface area contributed by atoms with Crippen LogP contribution < -0.4 is 10.1 Å². The minimum atomic E-state index is 0.265. The van der Waals surface area contributed by atoms with E-state index in [4.69, 9.17) is 4.74 Å². The molecule has 1 aromatic carbocycles. The first-order valence-electron chi connectivity index (χ1n) is 8.49. The van der Waals surface area contributed by atoms with Crippen molar-refractivity contribution >= 4 is 0 Å². The average Bonchev–Trinajstić information content (AvgIpc) is 3.28. The molecule has 132 valence electrons. The standard InChI is InChI=1S/C19H25N5O/c1-13-9-22-24(12-13)15(3)14(2)20-10-17-11-21-23-19(17)16-6-5-7-18(8-16)25-4/h5-9,11-12,14-15,20H,10H2,1-4H3,(H,21,23)/t14-,15+/m1/s1. The summed E-state index contributed by atoms with van der Waals surface area (Å²) < 4.78 is 7.32. The van der Waals surface area contributed by atoms with Crippen LogP contribution in [0.3, 0.4) is 0 Å². The number of nitrogens with one attached hydrogen (secondary N) is 2. The lowest BCUT2D eigenvalue weighted by Gasteiger charge is -2.22. The number of rotatable bonds is 7. The molecule has 6 heteroatoms. The van der Waals surface area contributed by atoms with E-state index in [2.05, 4.69) is 53.6 Å². The van der Waals surface area contributed by atoms with E-state index in [1.54, 1.807) is 7.11 Å². The van der Waals surface area contributed by atoms with Gasteiger partial charge < -0.3 is 10.1 Å². The summed E-state index contributed by atoms with van der Waals surface area (Å²) in [6.07, 6.45) is 5.83. The highest BCUT2D eigenvalue weighted by Gasteiger charge is 2.16. The molecule has 0 bridgehead atoms. The number of ether oxygens (including phenoxy) is 1. The van der Waals surface area contributed by atoms with Crippen molar-refractivity contribution in [3.8, 4) is 17.0 Å². The number of aromatic nitrogens is 4. The second kappa shape index (κ2) is 7.53. The normalized spacial score (nSPS) is 13.6. The Balaban J connectivity index is 1.69. The molecule has 2 N–H and O–H groups in total. The Hall–Kier alpha value is -2.60. The Bertz CT molecular complexity index is 823. The first-order chi connectivity index (χ1) is 12.1. The predicted octanol–water partition coefficient (Wildman–Crippen LogP) is 3.33. The number of aromatic amines is 1. The summed E-state index contributed by atoms with van der Waals surface area (Å²) in [6, 6.07) is 8.52. The van der Waals surface area contributed by atoms with Gasteiger partial charge >= 0.3 is 0 Å². The molecule has 6 nitrogen and oxygen atoms in total. The summed E-state index contributed by atoms with van der Waals surface area (Å²) in [5, 5.41) is 15.3. The lowest BCUT2D eigenvalue weighted by atomic mass is 10.1. The van der Waals surface area contributed by atoms with Gasteiger partial charge in [-0.3, -0.25) is 9.78 Å². The van der Waals surface area contributed by atoms with Gasteiger partial charge in [-0.05, 0) is 38.5 Å². The third-order valence-electron chi connectivity index (χ3n) is 4.56. The maximum Gasteiger partial charge on any atom is 0.119 e. The van der Waals surface area contributed by atoms with Crippen LogP contribution in [-0.4, -0.2) is 33.1 Å². The van der Waals surface area contributed by atoms with Crippen LogP contribution in [0.15, 0.2) is 42.9 Å². The van der Waals surface area contributed by atoms with Crippen molar-refractivity contribution in [2.45, 2.75) is 39.4 Å². The second-order valence-electron chi connectivity index (χ2n) is 6.41. The zero-order chi connectivity index (χ0) is 17.8. The Morgan fingerprint density at radius 1 is 1.28 bits per heavy atom. The van der Waals surface area contributed by atoms with Crippen LogP contribution in [0.1, 0.15) is 31.0 Å². The third kappa shape index (κ3) is 3.91. The molecule has 25 heavy (non-hydrogen) atoms. The number of aryl methyl sites for hydroxylation is 1. The third-order valence-corrected chi connectivity index (χ3v) is 4.56.